The Morgan fingerprint density at radius 1 is 1.19 bits per heavy atom. The Morgan fingerprint density at radius 2 is 2.03 bits per heavy atom. The molecule has 0 spiro atoms. The molecule has 9 heteroatoms. The third-order valence-electron chi connectivity index (χ3n) is 7.51. The molecule has 0 unspecified atom stereocenters. The van der Waals surface area contributed by atoms with Crippen molar-refractivity contribution in [3.63, 3.8) is 0 Å². The zero-order valence-electron chi connectivity index (χ0n) is 21.0. The number of fused-ring (bicyclic) bond motifs is 1. The Balaban J connectivity index is 1.36. The van der Waals surface area contributed by atoms with Gasteiger partial charge in [-0.25, -0.2) is 9.97 Å². The third kappa shape index (κ3) is 4.55. The van der Waals surface area contributed by atoms with E-state index in [9.17, 15) is 4.79 Å². The fourth-order valence-corrected chi connectivity index (χ4v) is 5.23. The van der Waals surface area contributed by atoms with Gasteiger partial charge >= 0.3 is 0 Å². The van der Waals surface area contributed by atoms with E-state index in [2.05, 4.69) is 52.1 Å². The highest BCUT2D eigenvalue weighted by molar-refractivity contribution is 6.04. The average Bonchev–Trinajstić information content (AvgIpc) is 3.58. The lowest BCUT2D eigenvalue weighted by molar-refractivity contribution is -0.127. The molecule has 3 aromatic rings. The Labute approximate surface area is 211 Å². The van der Waals surface area contributed by atoms with Crippen LogP contribution in [0.15, 0.2) is 41.8 Å². The number of amides is 1. The number of ether oxygens (including phenoxy) is 1. The summed E-state index contributed by atoms with van der Waals surface area (Å²) in [5.41, 5.74) is 9.51. The number of hydrogen-bond acceptors (Lipinski definition) is 7. The SMILES string of the molecule is Cc1cccc(/C(=N/Nc2cc(N3CCOCC3)c3ncn(C[C@@H]4CCC(=O)N4C)c3n2)C2CC2)c1. The van der Waals surface area contributed by atoms with Crippen molar-refractivity contribution in [3.05, 3.63) is 47.8 Å². The second-order valence-electron chi connectivity index (χ2n) is 10.1. The second-order valence-corrected chi connectivity index (χ2v) is 10.1. The van der Waals surface area contributed by atoms with Crippen molar-refractivity contribution in [2.45, 2.75) is 45.2 Å². The van der Waals surface area contributed by atoms with Gasteiger partial charge in [0, 0.05) is 51.1 Å². The summed E-state index contributed by atoms with van der Waals surface area (Å²) in [4.78, 5) is 26.0. The van der Waals surface area contributed by atoms with Gasteiger partial charge in [-0.3, -0.25) is 10.2 Å². The number of anilines is 2. The summed E-state index contributed by atoms with van der Waals surface area (Å²) < 4.78 is 7.67. The fraction of sp³-hybridized carbons (Fsp3) is 0.481. The number of aryl methyl sites for hydroxylation is 1. The zero-order chi connectivity index (χ0) is 24.6. The standard InChI is InChI=1S/C27H33N7O2/c1-18-4-3-5-20(14-18)25(19-6-7-19)31-30-23-15-22(33-10-12-36-13-11-33)26-27(29-23)34(17-28-26)16-21-8-9-24(35)32(21)2/h3-5,14-15,17,19,21H,6-13,16H2,1-2H3,(H,29,30)/b31-25+/t21-/m0/s1. The number of aromatic nitrogens is 3. The van der Waals surface area contributed by atoms with Crippen LogP contribution in [-0.4, -0.2) is 70.4 Å². The number of likely N-dealkylation sites (tertiary alicyclic amines) is 1. The molecule has 2 aliphatic heterocycles. The summed E-state index contributed by atoms with van der Waals surface area (Å²) in [6.45, 7) is 5.80. The van der Waals surface area contributed by atoms with Crippen molar-refractivity contribution in [3.8, 4) is 0 Å². The number of morpholine rings is 1. The first kappa shape index (κ1) is 23.0. The van der Waals surface area contributed by atoms with Gasteiger partial charge in [-0.2, -0.15) is 5.10 Å². The van der Waals surface area contributed by atoms with E-state index < -0.39 is 0 Å². The van der Waals surface area contributed by atoms with E-state index in [-0.39, 0.29) is 11.9 Å². The predicted octanol–water partition coefficient (Wildman–Crippen LogP) is 3.42. The molecule has 4 heterocycles. The van der Waals surface area contributed by atoms with Crippen LogP contribution >= 0.6 is 0 Å². The van der Waals surface area contributed by atoms with Gasteiger partial charge in [0.25, 0.3) is 0 Å². The molecule has 6 rings (SSSR count). The summed E-state index contributed by atoms with van der Waals surface area (Å²) in [6, 6.07) is 10.7. The van der Waals surface area contributed by atoms with Gasteiger partial charge in [-0.05, 0) is 31.7 Å². The monoisotopic (exact) mass is 487 g/mol. The molecular formula is C27H33N7O2. The van der Waals surface area contributed by atoms with Crippen molar-refractivity contribution in [2.24, 2.45) is 11.0 Å². The number of hydrazone groups is 1. The lowest BCUT2D eigenvalue weighted by Gasteiger charge is -2.29. The molecular weight excluding hydrogens is 454 g/mol. The van der Waals surface area contributed by atoms with E-state index in [1.165, 1.54) is 24.0 Å². The number of hydrogen-bond donors (Lipinski definition) is 1. The van der Waals surface area contributed by atoms with Crippen LogP contribution in [0.1, 0.15) is 36.8 Å². The Hall–Kier alpha value is -3.46. The molecule has 3 aliphatic rings. The molecule has 188 valence electrons. The first-order valence-corrected chi connectivity index (χ1v) is 12.9. The van der Waals surface area contributed by atoms with Crippen LogP contribution < -0.4 is 10.3 Å². The highest BCUT2D eigenvalue weighted by Crippen LogP contribution is 2.34. The number of carbonyl (C=O) groups is 1. The number of likely N-dealkylation sites (N-methyl/N-ethyl adjacent to an activating group) is 1. The van der Waals surface area contributed by atoms with E-state index in [1.807, 2.05) is 18.3 Å². The maximum atomic E-state index is 12.1. The van der Waals surface area contributed by atoms with Gasteiger partial charge in [-0.15, -0.1) is 0 Å². The highest BCUT2D eigenvalue weighted by Gasteiger charge is 2.30. The number of benzene rings is 1. The molecule has 1 saturated carbocycles. The minimum atomic E-state index is 0.154. The molecule has 3 fully saturated rings. The normalized spacial score (nSPS) is 21.0. The summed E-state index contributed by atoms with van der Waals surface area (Å²) in [5.74, 6) is 1.39. The number of rotatable bonds is 7. The number of carbonyl (C=O) groups excluding carboxylic acids is 1. The zero-order valence-corrected chi connectivity index (χ0v) is 21.0. The Kier molecular flexibility index (Phi) is 6.08. The first-order chi connectivity index (χ1) is 17.6. The minimum absolute atomic E-state index is 0.154. The maximum Gasteiger partial charge on any atom is 0.222 e. The molecule has 0 radical (unpaired) electrons. The molecule has 36 heavy (non-hydrogen) atoms. The summed E-state index contributed by atoms with van der Waals surface area (Å²) in [6.07, 6.45) is 5.65. The van der Waals surface area contributed by atoms with Gasteiger partial charge in [-0.1, -0.05) is 29.8 Å². The van der Waals surface area contributed by atoms with Crippen LogP contribution in [0.4, 0.5) is 11.5 Å². The third-order valence-corrected chi connectivity index (χ3v) is 7.51. The van der Waals surface area contributed by atoms with E-state index >= 15 is 0 Å². The van der Waals surface area contributed by atoms with Gasteiger partial charge in [0.15, 0.2) is 11.5 Å². The van der Waals surface area contributed by atoms with E-state index in [0.29, 0.717) is 37.9 Å². The van der Waals surface area contributed by atoms with Crippen LogP contribution in [0.25, 0.3) is 11.2 Å². The number of nitrogens with one attached hydrogen (secondary N) is 1. The van der Waals surface area contributed by atoms with Gasteiger partial charge in [0.1, 0.15) is 5.52 Å². The molecule has 1 N–H and O–H groups in total. The molecule has 1 aromatic carbocycles. The van der Waals surface area contributed by atoms with E-state index in [0.717, 1.165) is 42.1 Å². The van der Waals surface area contributed by atoms with Crippen LogP contribution in [0, 0.1) is 12.8 Å². The molecule has 2 aromatic heterocycles. The smallest absolute Gasteiger partial charge is 0.222 e. The number of pyridine rings is 1. The fourth-order valence-electron chi connectivity index (χ4n) is 5.23. The lowest BCUT2D eigenvalue weighted by Crippen LogP contribution is -2.36. The van der Waals surface area contributed by atoms with Crippen molar-refractivity contribution in [1.82, 2.24) is 19.4 Å². The first-order valence-electron chi connectivity index (χ1n) is 12.9. The average molecular weight is 488 g/mol. The topological polar surface area (TPSA) is 87.9 Å². The number of imidazole rings is 1. The number of nitrogens with zero attached hydrogens (tertiary/aromatic N) is 6. The van der Waals surface area contributed by atoms with Gasteiger partial charge < -0.3 is 19.1 Å². The molecule has 2 saturated heterocycles. The molecule has 1 atom stereocenters. The molecule has 1 amide bonds. The Bertz CT molecular complexity index is 1310. The van der Waals surface area contributed by atoms with Crippen molar-refractivity contribution < 1.29 is 9.53 Å². The van der Waals surface area contributed by atoms with Gasteiger partial charge in [0.05, 0.1) is 30.9 Å². The largest absolute Gasteiger partial charge is 0.378 e. The maximum absolute atomic E-state index is 12.1. The van der Waals surface area contributed by atoms with Crippen molar-refractivity contribution in [2.75, 3.05) is 43.7 Å². The molecule has 0 bridgehead atoms. The van der Waals surface area contributed by atoms with Gasteiger partial charge in [0.2, 0.25) is 5.91 Å². The predicted molar refractivity (Wildman–Crippen MR) is 140 cm³/mol. The van der Waals surface area contributed by atoms with Crippen LogP contribution in [-0.2, 0) is 16.1 Å². The summed E-state index contributed by atoms with van der Waals surface area (Å²) in [5, 5.41) is 4.88. The second kappa shape index (κ2) is 9.54. The summed E-state index contributed by atoms with van der Waals surface area (Å²) in [7, 11) is 1.89. The molecule has 9 nitrogen and oxygen atoms in total. The lowest BCUT2D eigenvalue weighted by atomic mass is 10.0. The molecule has 1 aliphatic carbocycles. The van der Waals surface area contributed by atoms with Crippen LogP contribution in [0.5, 0.6) is 0 Å². The van der Waals surface area contributed by atoms with Crippen molar-refractivity contribution in [1.29, 1.82) is 0 Å². The Morgan fingerprint density at radius 3 is 2.75 bits per heavy atom. The van der Waals surface area contributed by atoms with E-state index in [4.69, 9.17) is 19.8 Å². The highest BCUT2D eigenvalue weighted by atomic mass is 16.5. The van der Waals surface area contributed by atoms with Crippen LogP contribution in [0.3, 0.4) is 0 Å². The summed E-state index contributed by atoms with van der Waals surface area (Å²) >= 11 is 0. The van der Waals surface area contributed by atoms with Crippen LogP contribution in [0.2, 0.25) is 0 Å². The quantitative estimate of drug-likeness (QED) is 0.406. The van der Waals surface area contributed by atoms with Crippen molar-refractivity contribution >= 4 is 34.3 Å². The van der Waals surface area contributed by atoms with E-state index in [1.54, 1.807) is 0 Å². The minimum Gasteiger partial charge on any atom is -0.378 e.